The van der Waals surface area contributed by atoms with Crippen LogP contribution < -0.4 is 15.4 Å². The largest absolute Gasteiger partial charge is 0.497 e. The maximum atomic E-state index is 13.9. The molecule has 0 radical (unpaired) electrons. The van der Waals surface area contributed by atoms with Crippen LogP contribution in [0.25, 0.3) is 0 Å². The number of rotatable bonds is 5. The monoisotopic (exact) mass is 478 g/mol. The van der Waals surface area contributed by atoms with Crippen LogP contribution in [0.3, 0.4) is 0 Å². The van der Waals surface area contributed by atoms with Crippen LogP contribution in [0.5, 0.6) is 5.75 Å². The van der Waals surface area contributed by atoms with Crippen molar-refractivity contribution in [3.8, 4) is 5.75 Å². The third-order valence-corrected chi connectivity index (χ3v) is 6.03. The predicted molar refractivity (Wildman–Crippen MR) is 119 cm³/mol. The van der Waals surface area contributed by atoms with Crippen molar-refractivity contribution >= 4 is 23.3 Å². The normalized spacial score (nSPS) is 18.7. The van der Waals surface area contributed by atoms with Crippen LogP contribution in [0, 0.1) is 0 Å². The van der Waals surface area contributed by atoms with E-state index >= 15 is 0 Å². The van der Waals surface area contributed by atoms with Gasteiger partial charge >= 0.3 is 6.18 Å². The lowest BCUT2D eigenvalue weighted by molar-refractivity contribution is -0.173. The van der Waals surface area contributed by atoms with E-state index in [1.54, 1.807) is 31.2 Å². The van der Waals surface area contributed by atoms with E-state index in [2.05, 4.69) is 15.7 Å². The Balaban J connectivity index is 1.65. The summed E-state index contributed by atoms with van der Waals surface area (Å²) >= 11 is 6.39. The molecule has 0 bridgehead atoms. The number of amides is 1. The van der Waals surface area contributed by atoms with Crippen LogP contribution >= 0.6 is 11.6 Å². The van der Waals surface area contributed by atoms with Crippen molar-refractivity contribution in [2.75, 3.05) is 12.4 Å². The molecule has 0 aliphatic carbocycles. The summed E-state index contributed by atoms with van der Waals surface area (Å²) in [5.74, 6) is -0.0953. The number of carbonyl (C=O) groups excluding carboxylic acids is 1. The van der Waals surface area contributed by atoms with E-state index in [9.17, 15) is 18.0 Å². The van der Waals surface area contributed by atoms with E-state index in [0.717, 1.165) is 10.2 Å². The molecule has 1 aliphatic heterocycles. The summed E-state index contributed by atoms with van der Waals surface area (Å²) in [4.78, 5) is 12.9. The average molecular weight is 479 g/mol. The lowest BCUT2D eigenvalue weighted by Gasteiger charge is -2.33. The quantitative estimate of drug-likeness (QED) is 0.494. The maximum absolute atomic E-state index is 13.9. The fraction of sp³-hybridized carbons (Fsp3) is 0.304. The van der Waals surface area contributed by atoms with Gasteiger partial charge in [0.05, 0.1) is 19.2 Å². The SMILES string of the molecule is COc1ccc([C@@H]2C[C@H](C(F)(F)F)n3nc(C(=O)N[C@H](C)c4ccccc4)c(Cl)c3N2)cc1. The third kappa shape index (κ3) is 4.64. The number of ether oxygens (including phenoxy) is 1. The Hall–Kier alpha value is -3.20. The number of carbonyl (C=O) groups is 1. The summed E-state index contributed by atoms with van der Waals surface area (Å²) < 4.78 is 47.7. The smallest absolute Gasteiger partial charge is 0.410 e. The van der Waals surface area contributed by atoms with Gasteiger partial charge in [-0.3, -0.25) is 4.79 Å². The van der Waals surface area contributed by atoms with Crippen molar-refractivity contribution < 1.29 is 22.7 Å². The Morgan fingerprint density at radius 3 is 2.48 bits per heavy atom. The number of nitrogens with one attached hydrogen (secondary N) is 2. The summed E-state index contributed by atoms with van der Waals surface area (Å²) in [6.45, 7) is 1.77. The van der Waals surface area contributed by atoms with E-state index in [4.69, 9.17) is 16.3 Å². The average Bonchev–Trinajstić information content (AvgIpc) is 3.15. The molecule has 1 aliphatic rings. The number of hydrogen-bond acceptors (Lipinski definition) is 4. The minimum Gasteiger partial charge on any atom is -0.497 e. The number of halogens is 4. The molecule has 174 valence electrons. The van der Waals surface area contributed by atoms with Gasteiger partial charge in [0, 0.05) is 6.42 Å². The predicted octanol–water partition coefficient (Wildman–Crippen LogP) is 5.70. The fourth-order valence-corrected chi connectivity index (χ4v) is 4.14. The molecule has 10 heteroatoms. The Labute approximate surface area is 193 Å². The Morgan fingerprint density at radius 1 is 1.21 bits per heavy atom. The van der Waals surface area contributed by atoms with Gasteiger partial charge in [0.1, 0.15) is 16.6 Å². The molecular weight excluding hydrogens is 457 g/mol. The molecule has 2 heterocycles. The van der Waals surface area contributed by atoms with Gasteiger partial charge < -0.3 is 15.4 Å². The first-order chi connectivity index (χ1) is 15.7. The number of anilines is 1. The first-order valence-corrected chi connectivity index (χ1v) is 10.7. The topological polar surface area (TPSA) is 68.2 Å². The van der Waals surface area contributed by atoms with Crippen molar-refractivity contribution in [1.82, 2.24) is 15.1 Å². The van der Waals surface area contributed by atoms with Gasteiger partial charge in [-0.2, -0.15) is 18.3 Å². The molecule has 2 N–H and O–H groups in total. The second kappa shape index (κ2) is 8.97. The van der Waals surface area contributed by atoms with Gasteiger partial charge in [0.15, 0.2) is 11.7 Å². The maximum Gasteiger partial charge on any atom is 0.410 e. The van der Waals surface area contributed by atoms with E-state index in [1.807, 2.05) is 30.3 Å². The number of aromatic nitrogens is 2. The molecular formula is C23H22ClF3N4O2. The van der Waals surface area contributed by atoms with Crippen molar-refractivity contribution in [2.24, 2.45) is 0 Å². The van der Waals surface area contributed by atoms with Gasteiger partial charge in [-0.05, 0) is 30.2 Å². The Morgan fingerprint density at radius 2 is 1.88 bits per heavy atom. The third-order valence-electron chi connectivity index (χ3n) is 5.68. The van der Waals surface area contributed by atoms with Crippen LogP contribution in [0.2, 0.25) is 5.02 Å². The van der Waals surface area contributed by atoms with Crippen LogP contribution in [0.1, 0.15) is 53.1 Å². The van der Waals surface area contributed by atoms with Crippen LogP contribution in [-0.4, -0.2) is 29.0 Å². The summed E-state index contributed by atoms with van der Waals surface area (Å²) in [6.07, 6.45) is -4.88. The summed E-state index contributed by atoms with van der Waals surface area (Å²) in [5, 5.41) is 9.60. The molecule has 0 spiro atoms. The molecule has 0 unspecified atom stereocenters. The lowest BCUT2D eigenvalue weighted by atomic mass is 9.97. The lowest BCUT2D eigenvalue weighted by Crippen LogP contribution is -2.36. The first kappa shape index (κ1) is 23.0. The minimum atomic E-state index is -4.58. The number of benzene rings is 2. The van der Waals surface area contributed by atoms with Crippen LogP contribution in [-0.2, 0) is 0 Å². The number of methoxy groups -OCH3 is 1. The molecule has 2 aromatic carbocycles. The van der Waals surface area contributed by atoms with Gasteiger partial charge in [0.25, 0.3) is 5.91 Å². The van der Waals surface area contributed by atoms with E-state index in [1.165, 1.54) is 7.11 Å². The minimum absolute atomic E-state index is 0.0384. The highest BCUT2D eigenvalue weighted by Gasteiger charge is 2.47. The molecule has 4 rings (SSSR count). The molecule has 0 saturated heterocycles. The molecule has 33 heavy (non-hydrogen) atoms. The van der Waals surface area contributed by atoms with Gasteiger partial charge in [-0.15, -0.1) is 0 Å². The van der Waals surface area contributed by atoms with E-state index in [0.29, 0.717) is 11.3 Å². The van der Waals surface area contributed by atoms with E-state index in [-0.39, 0.29) is 29.0 Å². The molecule has 3 atom stereocenters. The van der Waals surface area contributed by atoms with Crippen molar-refractivity contribution in [3.05, 3.63) is 76.4 Å². The van der Waals surface area contributed by atoms with Gasteiger partial charge in [0.2, 0.25) is 0 Å². The number of fused-ring (bicyclic) bond motifs is 1. The van der Waals surface area contributed by atoms with Crippen molar-refractivity contribution in [3.63, 3.8) is 0 Å². The molecule has 1 amide bonds. The standard InChI is InChI=1S/C23H22ClF3N4O2/c1-13(14-6-4-3-5-7-14)28-22(32)20-19(24)21-29-17(15-8-10-16(33-2)11-9-15)12-18(23(25,26)27)31(21)30-20/h3-11,13,17-18,29H,12H2,1-2H3,(H,28,32)/t13-,17+,18-/m1/s1. The second-order valence-corrected chi connectivity index (χ2v) is 8.20. The summed E-state index contributed by atoms with van der Waals surface area (Å²) in [6, 6.07) is 12.9. The highest BCUT2D eigenvalue weighted by molar-refractivity contribution is 6.36. The van der Waals surface area contributed by atoms with Gasteiger partial charge in [-0.25, -0.2) is 4.68 Å². The second-order valence-electron chi connectivity index (χ2n) is 7.82. The molecule has 0 fully saturated rings. The summed E-state index contributed by atoms with van der Waals surface area (Å²) in [7, 11) is 1.51. The van der Waals surface area contributed by atoms with Gasteiger partial charge in [-0.1, -0.05) is 54.1 Å². The van der Waals surface area contributed by atoms with Crippen LogP contribution in [0.15, 0.2) is 54.6 Å². The number of nitrogens with zero attached hydrogens (tertiary/aromatic N) is 2. The Bertz CT molecular complexity index is 1130. The molecule has 0 saturated carbocycles. The zero-order valence-electron chi connectivity index (χ0n) is 17.9. The molecule has 6 nitrogen and oxygen atoms in total. The zero-order valence-corrected chi connectivity index (χ0v) is 18.6. The zero-order chi connectivity index (χ0) is 23.8. The van der Waals surface area contributed by atoms with Crippen LogP contribution in [0.4, 0.5) is 19.0 Å². The summed E-state index contributed by atoms with van der Waals surface area (Å²) in [5.41, 5.74) is 1.22. The van der Waals surface area contributed by atoms with E-state index < -0.39 is 24.2 Å². The highest BCUT2D eigenvalue weighted by Crippen LogP contribution is 2.46. The number of alkyl halides is 3. The molecule has 1 aromatic heterocycles. The first-order valence-electron chi connectivity index (χ1n) is 10.3. The van der Waals surface area contributed by atoms with Crippen molar-refractivity contribution in [2.45, 2.75) is 37.6 Å². The highest BCUT2D eigenvalue weighted by atomic mass is 35.5. The van der Waals surface area contributed by atoms with Crippen molar-refractivity contribution in [1.29, 1.82) is 0 Å². The Kier molecular flexibility index (Phi) is 6.25. The number of hydrogen-bond donors (Lipinski definition) is 2. The molecule has 3 aromatic rings. The fourth-order valence-electron chi connectivity index (χ4n) is 3.88.